The van der Waals surface area contributed by atoms with Gasteiger partial charge in [0, 0.05) is 6.54 Å². The summed E-state index contributed by atoms with van der Waals surface area (Å²) in [7, 11) is 0. The zero-order chi connectivity index (χ0) is 10.7. The summed E-state index contributed by atoms with van der Waals surface area (Å²) in [6.07, 6.45) is 3.32. The van der Waals surface area contributed by atoms with Crippen molar-refractivity contribution in [2.24, 2.45) is 5.73 Å². The smallest absolute Gasteiger partial charge is 0.123 e. The van der Waals surface area contributed by atoms with Crippen LogP contribution in [0.25, 0.3) is 0 Å². The molecule has 0 aromatic heterocycles. The number of benzene rings is 1. The number of hydrogen-bond acceptors (Lipinski definition) is 2. The van der Waals surface area contributed by atoms with Crippen LogP contribution in [-0.4, -0.2) is 13.1 Å². The zero-order valence-corrected chi connectivity index (χ0v) is 8.80. The van der Waals surface area contributed by atoms with Crippen molar-refractivity contribution >= 4 is 0 Å². The highest BCUT2D eigenvalue weighted by Crippen LogP contribution is 2.29. The van der Waals surface area contributed by atoms with Crippen molar-refractivity contribution in [3.05, 3.63) is 35.6 Å². The molecule has 1 unspecified atom stereocenters. The number of nitrogens with two attached hydrogens (primary N) is 1. The van der Waals surface area contributed by atoms with Crippen molar-refractivity contribution in [1.82, 2.24) is 5.32 Å². The van der Waals surface area contributed by atoms with E-state index in [1.807, 2.05) is 6.07 Å². The Balaban J connectivity index is 2.32. The first kappa shape index (κ1) is 10.6. The molecule has 1 fully saturated rings. The summed E-state index contributed by atoms with van der Waals surface area (Å²) in [4.78, 5) is 0. The van der Waals surface area contributed by atoms with Crippen LogP contribution in [0.5, 0.6) is 0 Å². The SMILES string of the molecule is NCC1(c2cccc(F)c2)CCCCN1. The van der Waals surface area contributed by atoms with Crippen molar-refractivity contribution in [3.8, 4) is 0 Å². The van der Waals surface area contributed by atoms with Crippen molar-refractivity contribution in [2.45, 2.75) is 24.8 Å². The average molecular weight is 208 g/mol. The maximum atomic E-state index is 13.2. The van der Waals surface area contributed by atoms with Crippen LogP contribution in [0.2, 0.25) is 0 Å². The molecule has 2 rings (SSSR count). The summed E-state index contributed by atoms with van der Waals surface area (Å²) in [6.45, 7) is 1.49. The van der Waals surface area contributed by atoms with Gasteiger partial charge in [-0.2, -0.15) is 0 Å². The molecular formula is C12H17FN2. The van der Waals surface area contributed by atoms with Gasteiger partial charge in [0.15, 0.2) is 0 Å². The monoisotopic (exact) mass is 208 g/mol. The molecule has 0 spiro atoms. The van der Waals surface area contributed by atoms with Crippen LogP contribution >= 0.6 is 0 Å². The topological polar surface area (TPSA) is 38.0 Å². The predicted octanol–water partition coefficient (Wildman–Crippen LogP) is 1.75. The van der Waals surface area contributed by atoms with E-state index in [4.69, 9.17) is 5.73 Å². The van der Waals surface area contributed by atoms with Crippen LogP contribution in [0.3, 0.4) is 0 Å². The molecule has 82 valence electrons. The molecule has 1 aliphatic rings. The molecule has 1 saturated heterocycles. The van der Waals surface area contributed by atoms with Crippen LogP contribution in [0, 0.1) is 5.82 Å². The van der Waals surface area contributed by atoms with E-state index in [0.717, 1.165) is 24.9 Å². The van der Waals surface area contributed by atoms with Gasteiger partial charge in [-0.15, -0.1) is 0 Å². The van der Waals surface area contributed by atoms with E-state index in [9.17, 15) is 4.39 Å². The summed E-state index contributed by atoms with van der Waals surface area (Å²) in [5.41, 5.74) is 6.60. The van der Waals surface area contributed by atoms with Crippen LogP contribution in [0.15, 0.2) is 24.3 Å². The second-order valence-electron chi connectivity index (χ2n) is 4.18. The second-order valence-corrected chi connectivity index (χ2v) is 4.18. The molecule has 1 aliphatic heterocycles. The summed E-state index contributed by atoms with van der Waals surface area (Å²) in [5.74, 6) is -0.187. The van der Waals surface area contributed by atoms with Gasteiger partial charge in [0.2, 0.25) is 0 Å². The van der Waals surface area contributed by atoms with Crippen LogP contribution in [0.4, 0.5) is 4.39 Å². The molecule has 0 bridgehead atoms. The van der Waals surface area contributed by atoms with Crippen molar-refractivity contribution < 1.29 is 4.39 Å². The summed E-state index contributed by atoms with van der Waals surface area (Å²) >= 11 is 0. The molecule has 3 N–H and O–H groups in total. The van der Waals surface area contributed by atoms with E-state index in [2.05, 4.69) is 5.32 Å². The minimum atomic E-state index is -0.208. The second kappa shape index (κ2) is 4.29. The Kier molecular flexibility index (Phi) is 3.03. The van der Waals surface area contributed by atoms with Crippen molar-refractivity contribution in [2.75, 3.05) is 13.1 Å². The molecule has 3 heteroatoms. The molecule has 0 aliphatic carbocycles. The number of halogens is 1. The lowest BCUT2D eigenvalue weighted by atomic mass is 9.82. The molecule has 1 aromatic carbocycles. The molecule has 15 heavy (non-hydrogen) atoms. The van der Waals surface area contributed by atoms with Gasteiger partial charge >= 0.3 is 0 Å². The maximum absolute atomic E-state index is 13.2. The molecule has 0 radical (unpaired) electrons. The Hall–Kier alpha value is -0.930. The van der Waals surface area contributed by atoms with E-state index in [1.54, 1.807) is 12.1 Å². The number of rotatable bonds is 2. The van der Waals surface area contributed by atoms with Crippen LogP contribution in [-0.2, 0) is 5.54 Å². The first-order chi connectivity index (χ1) is 7.27. The van der Waals surface area contributed by atoms with Gasteiger partial charge in [0.1, 0.15) is 5.82 Å². The third-order valence-electron chi connectivity index (χ3n) is 3.22. The fourth-order valence-electron chi connectivity index (χ4n) is 2.29. The van der Waals surface area contributed by atoms with Crippen molar-refractivity contribution in [1.29, 1.82) is 0 Å². The van der Waals surface area contributed by atoms with E-state index in [-0.39, 0.29) is 11.4 Å². The summed E-state index contributed by atoms with van der Waals surface area (Å²) in [5, 5.41) is 3.43. The van der Waals surface area contributed by atoms with Gasteiger partial charge < -0.3 is 11.1 Å². The lowest BCUT2D eigenvalue weighted by Gasteiger charge is -2.38. The number of nitrogens with one attached hydrogen (secondary N) is 1. The molecular weight excluding hydrogens is 191 g/mol. The van der Waals surface area contributed by atoms with E-state index < -0.39 is 0 Å². The molecule has 0 amide bonds. The minimum Gasteiger partial charge on any atom is -0.328 e. The van der Waals surface area contributed by atoms with Crippen molar-refractivity contribution in [3.63, 3.8) is 0 Å². The Labute approximate surface area is 89.7 Å². The molecule has 1 heterocycles. The molecule has 1 atom stereocenters. The number of hydrogen-bond donors (Lipinski definition) is 2. The number of piperidine rings is 1. The van der Waals surface area contributed by atoms with Gasteiger partial charge in [-0.25, -0.2) is 4.39 Å². The Morgan fingerprint density at radius 1 is 1.40 bits per heavy atom. The fraction of sp³-hybridized carbons (Fsp3) is 0.500. The Morgan fingerprint density at radius 2 is 2.27 bits per heavy atom. The molecule has 1 aromatic rings. The summed E-state index contributed by atoms with van der Waals surface area (Å²) < 4.78 is 13.2. The van der Waals surface area contributed by atoms with Gasteiger partial charge in [-0.05, 0) is 43.5 Å². The van der Waals surface area contributed by atoms with Gasteiger partial charge in [0.05, 0.1) is 5.54 Å². The lowest BCUT2D eigenvalue weighted by molar-refractivity contribution is 0.265. The highest BCUT2D eigenvalue weighted by Gasteiger charge is 2.32. The standard InChI is InChI=1S/C12H17FN2/c13-11-5-3-4-10(8-11)12(9-14)6-1-2-7-15-12/h3-5,8,15H,1-2,6-7,9,14H2. The Bertz CT molecular complexity index is 332. The third-order valence-corrected chi connectivity index (χ3v) is 3.22. The molecule has 0 saturated carbocycles. The normalized spacial score (nSPS) is 26.5. The highest BCUT2D eigenvalue weighted by molar-refractivity contribution is 5.26. The fourth-order valence-corrected chi connectivity index (χ4v) is 2.29. The van der Waals surface area contributed by atoms with Gasteiger partial charge in [0.25, 0.3) is 0 Å². The minimum absolute atomic E-state index is 0.187. The van der Waals surface area contributed by atoms with E-state index in [1.165, 1.54) is 12.5 Å². The molecule has 2 nitrogen and oxygen atoms in total. The van der Waals surface area contributed by atoms with Crippen LogP contribution in [0.1, 0.15) is 24.8 Å². The van der Waals surface area contributed by atoms with E-state index >= 15 is 0 Å². The summed E-state index contributed by atoms with van der Waals surface area (Å²) in [6, 6.07) is 6.76. The van der Waals surface area contributed by atoms with Crippen LogP contribution < -0.4 is 11.1 Å². The largest absolute Gasteiger partial charge is 0.328 e. The first-order valence-electron chi connectivity index (χ1n) is 5.48. The Morgan fingerprint density at radius 3 is 2.87 bits per heavy atom. The lowest BCUT2D eigenvalue weighted by Crippen LogP contribution is -2.51. The first-order valence-corrected chi connectivity index (χ1v) is 5.48. The zero-order valence-electron chi connectivity index (χ0n) is 8.80. The van der Waals surface area contributed by atoms with Gasteiger partial charge in [-0.3, -0.25) is 0 Å². The third kappa shape index (κ3) is 2.03. The predicted molar refractivity (Wildman–Crippen MR) is 59.0 cm³/mol. The maximum Gasteiger partial charge on any atom is 0.123 e. The van der Waals surface area contributed by atoms with E-state index in [0.29, 0.717) is 6.54 Å². The van der Waals surface area contributed by atoms with Gasteiger partial charge in [-0.1, -0.05) is 12.1 Å². The quantitative estimate of drug-likeness (QED) is 0.777. The average Bonchev–Trinajstić information content (AvgIpc) is 2.30. The highest BCUT2D eigenvalue weighted by atomic mass is 19.1.